The van der Waals surface area contributed by atoms with Gasteiger partial charge in [0.05, 0.1) is 11.9 Å². The quantitative estimate of drug-likeness (QED) is 0.815. The van der Waals surface area contributed by atoms with Crippen LogP contribution in [0.15, 0.2) is 42.7 Å². The van der Waals surface area contributed by atoms with Gasteiger partial charge in [0, 0.05) is 22.4 Å². The Balaban J connectivity index is 2.46. The normalized spacial score (nSPS) is 14.2. The highest BCUT2D eigenvalue weighted by Gasteiger charge is 2.49. The van der Waals surface area contributed by atoms with Crippen LogP contribution in [-0.2, 0) is 9.05 Å². The van der Waals surface area contributed by atoms with E-state index in [-0.39, 0.29) is 0 Å². The summed E-state index contributed by atoms with van der Waals surface area (Å²) in [7, 11) is 0.0382. The van der Waals surface area contributed by atoms with Gasteiger partial charge in [-0.2, -0.15) is 18.3 Å². The molecule has 2 aromatic rings. The van der Waals surface area contributed by atoms with Crippen molar-refractivity contribution in [3.8, 4) is 5.69 Å². The molecular formula is C11H8ClF3N2O2S. The van der Waals surface area contributed by atoms with Crippen LogP contribution in [0.1, 0.15) is 10.8 Å². The molecule has 0 spiro atoms. The van der Waals surface area contributed by atoms with Crippen LogP contribution in [0.25, 0.3) is 5.69 Å². The van der Waals surface area contributed by atoms with Crippen LogP contribution in [0.5, 0.6) is 0 Å². The molecule has 9 heteroatoms. The second-order valence-electron chi connectivity index (χ2n) is 3.95. The van der Waals surface area contributed by atoms with Gasteiger partial charge < -0.3 is 0 Å². The Morgan fingerprint density at radius 2 is 1.80 bits per heavy atom. The van der Waals surface area contributed by atoms with E-state index in [0.29, 0.717) is 5.69 Å². The third-order valence-electron chi connectivity index (χ3n) is 2.50. The number of alkyl halides is 3. The first-order chi connectivity index (χ1) is 9.19. The summed E-state index contributed by atoms with van der Waals surface area (Å²) in [6.07, 6.45) is -3.18. The zero-order valence-corrected chi connectivity index (χ0v) is 11.3. The second kappa shape index (κ2) is 5.10. The third kappa shape index (κ3) is 3.13. The molecule has 0 radical (unpaired) electrons. The van der Waals surface area contributed by atoms with Gasteiger partial charge in [-0.25, -0.2) is 13.1 Å². The molecule has 0 saturated heterocycles. The summed E-state index contributed by atoms with van der Waals surface area (Å²) < 4.78 is 61.9. The maximum Gasteiger partial charge on any atom is 0.410 e. The Hall–Kier alpha value is -1.54. The molecule has 0 aliphatic heterocycles. The standard InChI is InChI=1S/C11H8ClF3N2O2S/c12-20(18,19)10(11(13,14)15)8-6-16-17(7-8)9-4-2-1-3-5-9/h1-7,10H. The van der Waals surface area contributed by atoms with Crippen LogP contribution in [0.2, 0.25) is 0 Å². The molecule has 0 N–H and O–H groups in total. The van der Waals surface area contributed by atoms with E-state index in [4.69, 9.17) is 10.7 Å². The van der Waals surface area contributed by atoms with Crippen molar-refractivity contribution in [2.45, 2.75) is 11.4 Å². The Morgan fingerprint density at radius 1 is 1.20 bits per heavy atom. The van der Waals surface area contributed by atoms with Crippen LogP contribution in [0, 0.1) is 0 Å². The molecule has 0 aliphatic rings. The van der Waals surface area contributed by atoms with Gasteiger partial charge in [-0.3, -0.25) is 0 Å². The Kier molecular flexibility index (Phi) is 3.79. The SMILES string of the molecule is O=S(=O)(Cl)C(c1cnn(-c2ccccc2)c1)C(F)(F)F. The maximum atomic E-state index is 12.8. The Morgan fingerprint density at radius 3 is 2.30 bits per heavy atom. The van der Waals surface area contributed by atoms with Crippen molar-refractivity contribution in [1.29, 1.82) is 0 Å². The minimum absolute atomic E-state index is 0.506. The summed E-state index contributed by atoms with van der Waals surface area (Å²) in [5.41, 5.74) is -0.0250. The average molecular weight is 325 g/mol. The van der Waals surface area contributed by atoms with Crippen molar-refractivity contribution in [2.24, 2.45) is 0 Å². The van der Waals surface area contributed by atoms with Crippen molar-refractivity contribution < 1.29 is 21.6 Å². The maximum absolute atomic E-state index is 12.8. The monoisotopic (exact) mass is 324 g/mol. The second-order valence-corrected chi connectivity index (χ2v) is 6.66. The van der Waals surface area contributed by atoms with Crippen molar-refractivity contribution in [3.63, 3.8) is 0 Å². The first kappa shape index (κ1) is 14.9. The average Bonchev–Trinajstić information content (AvgIpc) is 2.75. The number of nitrogens with zero attached hydrogens (tertiary/aromatic N) is 2. The predicted octanol–water partition coefficient (Wildman–Crippen LogP) is 3.04. The first-order valence-electron chi connectivity index (χ1n) is 5.30. The lowest BCUT2D eigenvalue weighted by atomic mass is 10.2. The van der Waals surface area contributed by atoms with E-state index in [9.17, 15) is 21.6 Å². The molecule has 1 aromatic heterocycles. The molecule has 0 saturated carbocycles. The number of hydrogen-bond acceptors (Lipinski definition) is 3. The van der Waals surface area contributed by atoms with Gasteiger partial charge in [0.25, 0.3) is 0 Å². The van der Waals surface area contributed by atoms with E-state index >= 15 is 0 Å². The zero-order valence-electron chi connectivity index (χ0n) is 9.75. The minimum Gasteiger partial charge on any atom is -0.241 e. The molecule has 20 heavy (non-hydrogen) atoms. The highest BCUT2D eigenvalue weighted by atomic mass is 35.7. The van der Waals surface area contributed by atoms with Gasteiger partial charge in [-0.1, -0.05) is 18.2 Å². The summed E-state index contributed by atoms with van der Waals surface area (Å²) in [6, 6.07) is 8.32. The van der Waals surface area contributed by atoms with E-state index in [1.54, 1.807) is 30.3 Å². The molecule has 108 valence electrons. The van der Waals surface area contributed by atoms with Crippen molar-refractivity contribution in [1.82, 2.24) is 9.78 Å². The van der Waals surface area contributed by atoms with Crippen molar-refractivity contribution in [3.05, 3.63) is 48.3 Å². The van der Waals surface area contributed by atoms with Gasteiger partial charge in [-0.05, 0) is 12.1 Å². The van der Waals surface area contributed by atoms with E-state index in [1.165, 1.54) is 0 Å². The topological polar surface area (TPSA) is 52.0 Å². The molecule has 2 rings (SSSR count). The molecule has 0 bridgehead atoms. The highest BCUT2D eigenvalue weighted by molar-refractivity contribution is 8.14. The molecular weight excluding hydrogens is 317 g/mol. The van der Waals surface area contributed by atoms with Crippen LogP contribution < -0.4 is 0 Å². The number of hydrogen-bond donors (Lipinski definition) is 0. The molecule has 1 unspecified atom stereocenters. The third-order valence-corrected chi connectivity index (χ3v) is 4.14. The van der Waals surface area contributed by atoms with Crippen LogP contribution in [0.3, 0.4) is 0 Å². The highest BCUT2D eigenvalue weighted by Crippen LogP contribution is 2.40. The number of para-hydroxylation sites is 1. The van der Waals surface area contributed by atoms with Crippen molar-refractivity contribution in [2.75, 3.05) is 0 Å². The van der Waals surface area contributed by atoms with Gasteiger partial charge in [0.15, 0.2) is 5.25 Å². The first-order valence-corrected chi connectivity index (χ1v) is 7.67. The smallest absolute Gasteiger partial charge is 0.241 e. The summed E-state index contributed by atoms with van der Waals surface area (Å²) in [6.45, 7) is 0. The fraction of sp³-hybridized carbons (Fsp3) is 0.182. The van der Waals surface area contributed by atoms with Crippen molar-refractivity contribution >= 4 is 19.7 Å². The molecule has 1 atom stereocenters. The summed E-state index contributed by atoms with van der Waals surface area (Å²) in [4.78, 5) is 0. The number of halogens is 4. The van der Waals surface area contributed by atoms with Crippen LogP contribution >= 0.6 is 10.7 Å². The Bertz CT molecular complexity index is 698. The lowest BCUT2D eigenvalue weighted by Crippen LogP contribution is -2.25. The van der Waals surface area contributed by atoms with Gasteiger partial charge in [-0.15, -0.1) is 0 Å². The molecule has 0 amide bonds. The van der Waals surface area contributed by atoms with Crippen LogP contribution in [-0.4, -0.2) is 24.4 Å². The summed E-state index contributed by atoms with van der Waals surface area (Å²) in [5, 5.41) is 0.931. The largest absolute Gasteiger partial charge is 0.410 e. The predicted molar refractivity (Wildman–Crippen MR) is 67.1 cm³/mol. The Labute approximate surface area is 117 Å². The number of rotatable bonds is 3. The summed E-state index contributed by atoms with van der Waals surface area (Å²) >= 11 is 0. The van der Waals surface area contributed by atoms with E-state index in [2.05, 4.69) is 5.10 Å². The van der Waals surface area contributed by atoms with E-state index in [0.717, 1.165) is 17.1 Å². The lowest BCUT2D eigenvalue weighted by molar-refractivity contribution is -0.131. The van der Waals surface area contributed by atoms with Crippen LogP contribution in [0.4, 0.5) is 13.2 Å². The van der Waals surface area contributed by atoms with Gasteiger partial charge in [0.2, 0.25) is 9.05 Å². The number of aromatic nitrogens is 2. The number of benzene rings is 1. The lowest BCUT2D eigenvalue weighted by Gasteiger charge is -2.15. The fourth-order valence-corrected chi connectivity index (χ4v) is 3.08. The molecule has 4 nitrogen and oxygen atoms in total. The summed E-state index contributed by atoms with van der Waals surface area (Å²) in [5.74, 6) is 0. The molecule has 0 fully saturated rings. The minimum atomic E-state index is -5.01. The van der Waals surface area contributed by atoms with E-state index in [1.807, 2.05) is 0 Å². The fourth-order valence-electron chi connectivity index (χ4n) is 1.71. The van der Waals surface area contributed by atoms with E-state index < -0.39 is 26.0 Å². The molecule has 1 aromatic carbocycles. The molecule has 1 heterocycles. The van der Waals surface area contributed by atoms with Gasteiger partial charge in [0.1, 0.15) is 0 Å². The molecule has 0 aliphatic carbocycles. The van der Waals surface area contributed by atoms with Gasteiger partial charge >= 0.3 is 6.18 Å². The zero-order chi connectivity index (χ0) is 15.0.